The predicted molar refractivity (Wildman–Crippen MR) is 81.1 cm³/mol. The third-order valence-electron chi connectivity index (χ3n) is 4.26. The molecule has 18 heavy (non-hydrogen) atoms. The van der Waals surface area contributed by atoms with E-state index in [1.807, 2.05) is 11.3 Å². The molecule has 2 heteroatoms. The Morgan fingerprint density at radius 2 is 2.06 bits per heavy atom. The highest BCUT2D eigenvalue weighted by molar-refractivity contribution is 7.10. The Hall–Kier alpha value is -0.340. The Morgan fingerprint density at radius 1 is 1.33 bits per heavy atom. The summed E-state index contributed by atoms with van der Waals surface area (Å²) in [5.41, 5.74) is 0.509. The molecule has 0 aliphatic heterocycles. The minimum Gasteiger partial charge on any atom is -0.309 e. The fourth-order valence-corrected chi connectivity index (χ4v) is 4.72. The maximum atomic E-state index is 3.78. The van der Waals surface area contributed by atoms with E-state index < -0.39 is 0 Å². The maximum Gasteiger partial charge on any atom is 0.0471 e. The molecule has 1 atom stereocenters. The zero-order chi connectivity index (χ0) is 13.0. The Bertz CT molecular complexity index is 336. The smallest absolute Gasteiger partial charge is 0.0471 e. The molecule has 0 aromatic carbocycles. The summed E-state index contributed by atoms with van der Waals surface area (Å²) in [6, 6.07) is 5.09. The molecule has 1 aliphatic carbocycles. The molecule has 1 unspecified atom stereocenters. The van der Waals surface area contributed by atoms with Crippen LogP contribution in [0.15, 0.2) is 17.5 Å². The Labute approximate surface area is 116 Å². The summed E-state index contributed by atoms with van der Waals surface area (Å²) < 4.78 is 0. The van der Waals surface area contributed by atoms with Crippen molar-refractivity contribution in [2.24, 2.45) is 11.3 Å². The lowest BCUT2D eigenvalue weighted by Crippen LogP contribution is -2.37. The highest BCUT2D eigenvalue weighted by Gasteiger charge is 2.42. The third kappa shape index (κ3) is 2.97. The first-order valence-electron chi connectivity index (χ1n) is 7.45. The van der Waals surface area contributed by atoms with Gasteiger partial charge in [-0.15, -0.1) is 11.3 Å². The molecule has 1 aromatic rings. The summed E-state index contributed by atoms with van der Waals surface area (Å²) in [7, 11) is 0. The fraction of sp³-hybridized carbons (Fsp3) is 0.750. The first kappa shape index (κ1) is 14.1. The first-order chi connectivity index (χ1) is 8.68. The molecule has 0 amide bonds. The van der Waals surface area contributed by atoms with Gasteiger partial charge in [0, 0.05) is 10.9 Å². The van der Waals surface area contributed by atoms with Crippen LogP contribution in [0.2, 0.25) is 0 Å². The Kier molecular flexibility index (Phi) is 4.85. The van der Waals surface area contributed by atoms with Crippen molar-refractivity contribution in [3.63, 3.8) is 0 Å². The molecule has 0 bridgehead atoms. The lowest BCUT2D eigenvalue weighted by molar-refractivity contribution is 0.159. The average molecular weight is 265 g/mol. The van der Waals surface area contributed by atoms with Crippen molar-refractivity contribution in [2.75, 3.05) is 6.54 Å². The van der Waals surface area contributed by atoms with Crippen LogP contribution in [-0.4, -0.2) is 6.54 Å². The summed E-state index contributed by atoms with van der Waals surface area (Å²) in [5.74, 6) is 0.796. The molecule has 1 nitrogen and oxygen atoms in total. The van der Waals surface area contributed by atoms with Crippen molar-refractivity contribution in [2.45, 2.75) is 58.9 Å². The van der Waals surface area contributed by atoms with E-state index in [9.17, 15) is 0 Å². The van der Waals surface area contributed by atoms with Gasteiger partial charge in [-0.2, -0.15) is 0 Å². The average Bonchev–Trinajstić information content (AvgIpc) is 2.96. The predicted octanol–water partition coefficient (Wildman–Crippen LogP) is 5.01. The van der Waals surface area contributed by atoms with Gasteiger partial charge in [-0.3, -0.25) is 0 Å². The van der Waals surface area contributed by atoms with Gasteiger partial charge in [-0.25, -0.2) is 0 Å². The van der Waals surface area contributed by atoms with E-state index in [4.69, 9.17) is 0 Å². The van der Waals surface area contributed by atoms with Crippen LogP contribution in [0, 0.1) is 11.3 Å². The van der Waals surface area contributed by atoms with Gasteiger partial charge in [0.05, 0.1) is 0 Å². The van der Waals surface area contributed by atoms with Gasteiger partial charge in [0.25, 0.3) is 0 Å². The largest absolute Gasteiger partial charge is 0.309 e. The minimum absolute atomic E-state index is 0.509. The molecule has 2 rings (SSSR count). The van der Waals surface area contributed by atoms with Gasteiger partial charge < -0.3 is 5.32 Å². The molecule has 1 fully saturated rings. The number of hydrogen-bond acceptors (Lipinski definition) is 2. The van der Waals surface area contributed by atoms with Crippen molar-refractivity contribution in [1.82, 2.24) is 5.32 Å². The summed E-state index contributed by atoms with van der Waals surface area (Å²) >= 11 is 1.92. The Balaban J connectivity index is 2.25. The summed E-state index contributed by atoms with van der Waals surface area (Å²) in [4.78, 5) is 1.54. The van der Waals surface area contributed by atoms with Crippen molar-refractivity contribution in [3.05, 3.63) is 22.4 Å². The molecule has 0 radical (unpaired) electrons. The van der Waals surface area contributed by atoms with E-state index in [-0.39, 0.29) is 0 Å². The first-order valence-corrected chi connectivity index (χ1v) is 8.33. The quantitative estimate of drug-likeness (QED) is 0.762. The third-order valence-corrected chi connectivity index (χ3v) is 5.20. The molecule has 0 spiro atoms. The van der Waals surface area contributed by atoms with Crippen LogP contribution in [0.25, 0.3) is 0 Å². The van der Waals surface area contributed by atoms with Crippen LogP contribution in [0.5, 0.6) is 0 Å². The van der Waals surface area contributed by atoms with Crippen LogP contribution in [-0.2, 0) is 0 Å². The maximum absolute atomic E-state index is 3.78. The van der Waals surface area contributed by atoms with Crippen molar-refractivity contribution in [1.29, 1.82) is 0 Å². The van der Waals surface area contributed by atoms with E-state index in [2.05, 4.69) is 43.6 Å². The fourth-order valence-electron chi connectivity index (χ4n) is 3.78. The highest BCUT2D eigenvalue weighted by Crippen LogP contribution is 2.52. The molecule has 102 valence electrons. The molecule has 1 aromatic heterocycles. The zero-order valence-corrected chi connectivity index (χ0v) is 12.9. The highest BCUT2D eigenvalue weighted by atomic mass is 32.1. The van der Waals surface area contributed by atoms with E-state index >= 15 is 0 Å². The van der Waals surface area contributed by atoms with Crippen LogP contribution in [0.4, 0.5) is 0 Å². The molecular weight excluding hydrogens is 238 g/mol. The van der Waals surface area contributed by atoms with Gasteiger partial charge in [0.1, 0.15) is 0 Å². The molecule has 1 heterocycles. The van der Waals surface area contributed by atoms with E-state index in [0.717, 1.165) is 12.5 Å². The van der Waals surface area contributed by atoms with E-state index in [1.165, 1.54) is 32.1 Å². The molecule has 1 saturated carbocycles. The van der Waals surface area contributed by atoms with Crippen LogP contribution >= 0.6 is 11.3 Å². The van der Waals surface area contributed by atoms with Crippen LogP contribution in [0.1, 0.15) is 63.8 Å². The normalized spacial score (nSPS) is 20.4. The van der Waals surface area contributed by atoms with Crippen molar-refractivity contribution < 1.29 is 0 Å². The number of rotatable bonds is 6. The van der Waals surface area contributed by atoms with Crippen molar-refractivity contribution in [3.8, 4) is 0 Å². The van der Waals surface area contributed by atoms with Crippen molar-refractivity contribution >= 4 is 11.3 Å². The number of nitrogens with one attached hydrogen (secondary N) is 1. The number of thiophene rings is 1. The second kappa shape index (κ2) is 6.21. The SMILES string of the molecule is CCNC(c1cccs1)C1(CC(C)C)CCCC1. The zero-order valence-electron chi connectivity index (χ0n) is 12.0. The minimum atomic E-state index is 0.509. The summed E-state index contributed by atoms with van der Waals surface area (Å²) in [6.45, 7) is 8.05. The second-order valence-corrected chi connectivity index (χ2v) is 7.15. The molecular formula is C16H27NS. The van der Waals surface area contributed by atoms with Gasteiger partial charge >= 0.3 is 0 Å². The van der Waals surface area contributed by atoms with Gasteiger partial charge in [0.2, 0.25) is 0 Å². The van der Waals surface area contributed by atoms with E-state index in [0.29, 0.717) is 11.5 Å². The monoisotopic (exact) mass is 265 g/mol. The lowest BCUT2D eigenvalue weighted by Gasteiger charge is -2.39. The molecule has 1 aliphatic rings. The van der Waals surface area contributed by atoms with Gasteiger partial charge in [-0.05, 0) is 48.6 Å². The van der Waals surface area contributed by atoms with Gasteiger partial charge in [0.15, 0.2) is 0 Å². The standard InChI is InChI=1S/C16H27NS/c1-4-17-15(14-8-7-11-18-14)16(12-13(2)3)9-5-6-10-16/h7-8,11,13,15,17H,4-6,9-10,12H2,1-3H3. The van der Waals surface area contributed by atoms with Crippen LogP contribution in [0.3, 0.4) is 0 Å². The van der Waals surface area contributed by atoms with Crippen LogP contribution < -0.4 is 5.32 Å². The number of hydrogen-bond donors (Lipinski definition) is 1. The lowest BCUT2D eigenvalue weighted by atomic mass is 9.72. The summed E-state index contributed by atoms with van der Waals surface area (Å²) in [5, 5.41) is 6.00. The topological polar surface area (TPSA) is 12.0 Å². The Morgan fingerprint density at radius 3 is 2.56 bits per heavy atom. The van der Waals surface area contributed by atoms with E-state index in [1.54, 1.807) is 4.88 Å². The second-order valence-electron chi connectivity index (χ2n) is 6.17. The molecule has 1 N–H and O–H groups in total. The summed E-state index contributed by atoms with van der Waals surface area (Å²) in [6.07, 6.45) is 7.00. The molecule has 0 saturated heterocycles. The van der Waals surface area contributed by atoms with Gasteiger partial charge in [-0.1, -0.05) is 39.7 Å².